The Kier molecular flexibility index (Phi) is 6.15. The SMILES string of the molecule is COC(=O)/C=C/[C@@H](NCc1ccccc1)C(C)C. The van der Waals surface area contributed by atoms with Crippen LogP contribution in [-0.4, -0.2) is 19.1 Å². The summed E-state index contributed by atoms with van der Waals surface area (Å²) in [6, 6.07) is 10.4. The van der Waals surface area contributed by atoms with Crippen LogP contribution in [0.25, 0.3) is 0 Å². The Balaban J connectivity index is 2.53. The van der Waals surface area contributed by atoms with Gasteiger partial charge in [-0.2, -0.15) is 0 Å². The van der Waals surface area contributed by atoms with E-state index in [0.717, 1.165) is 6.54 Å². The molecule has 0 heterocycles. The number of benzene rings is 1. The quantitative estimate of drug-likeness (QED) is 0.620. The largest absolute Gasteiger partial charge is 0.466 e. The summed E-state index contributed by atoms with van der Waals surface area (Å²) in [7, 11) is 1.38. The Bertz CT molecular complexity index is 385. The molecule has 1 rings (SSSR count). The van der Waals surface area contributed by atoms with Gasteiger partial charge >= 0.3 is 5.97 Å². The predicted octanol–water partition coefficient (Wildman–Crippen LogP) is 2.53. The fourth-order valence-corrected chi connectivity index (χ4v) is 1.61. The summed E-state index contributed by atoms with van der Waals surface area (Å²) in [5, 5.41) is 3.42. The zero-order chi connectivity index (χ0) is 13.4. The third-order valence-electron chi connectivity index (χ3n) is 2.74. The van der Waals surface area contributed by atoms with Gasteiger partial charge in [0.2, 0.25) is 0 Å². The van der Waals surface area contributed by atoms with Crippen LogP contribution >= 0.6 is 0 Å². The number of esters is 1. The molecule has 0 spiro atoms. The molecule has 0 aromatic heterocycles. The first-order valence-corrected chi connectivity index (χ1v) is 6.17. The maximum Gasteiger partial charge on any atom is 0.330 e. The van der Waals surface area contributed by atoms with Crippen molar-refractivity contribution in [2.24, 2.45) is 5.92 Å². The minimum atomic E-state index is -0.317. The van der Waals surface area contributed by atoms with Gasteiger partial charge in [0.05, 0.1) is 7.11 Å². The van der Waals surface area contributed by atoms with Crippen LogP contribution in [0, 0.1) is 5.92 Å². The minimum Gasteiger partial charge on any atom is -0.466 e. The predicted molar refractivity (Wildman–Crippen MR) is 73.1 cm³/mol. The molecular formula is C15H21NO2. The van der Waals surface area contributed by atoms with Gasteiger partial charge in [-0.05, 0) is 11.5 Å². The van der Waals surface area contributed by atoms with E-state index in [0.29, 0.717) is 5.92 Å². The van der Waals surface area contributed by atoms with Gasteiger partial charge in [0.25, 0.3) is 0 Å². The molecule has 3 heteroatoms. The minimum absolute atomic E-state index is 0.157. The second-order valence-corrected chi connectivity index (χ2v) is 4.52. The van der Waals surface area contributed by atoms with E-state index < -0.39 is 0 Å². The fourth-order valence-electron chi connectivity index (χ4n) is 1.61. The highest BCUT2D eigenvalue weighted by Crippen LogP contribution is 2.06. The first kappa shape index (κ1) is 14.5. The lowest BCUT2D eigenvalue weighted by Gasteiger charge is -2.18. The van der Waals surface area contributed by atoms with E-state index in [4.69, 9.17) is 0 Å². The Hall–Kier alpha value is -1.61. The molecule has 98 valence electrons. The number of hydrogen-bond acceptors (Lipinski definition) is 3. The average molecular weight is 247 g/mol. The molecule has 0 saturated heterocycles. The zero-order valence-corrected chi connectivity index (χ0v) is 11.2. The maximum absolute atomic E-state index is 11.1. The van der Waals surface area contributed by atoms with Crippen molar-refractivity contribution in [1.82, 2.24) is 5.32 Å². The smallest absolute Gasteiger partial charge is 0.330 e. The highest BCUT2D eigenvalue weighted by atomic mass is 16.5. The lowest BCUT2D eigenvalue weighted by Crippen LogP contribution is -2.31. The van der Waals surface area contributed by atoms with Gasteiger partial charge in [0.15, 0.2) is 0 Å². The van der Waals surface area contributed by atoms with Crippen LogP contribution in [0.1, 0.15) is 19.4 Å². The summed E-state index contributed by atoms with van der Waals surface area (Å²) < 4.78 is 4.59. The van der Waals surface area contributed by atoms with E-state index in [9.17, 15) is 4.79 Å². The highest BCUT2D eigenvalue weighted by molar-refractivity contribution is 5.81. The molecule has 0 unspecified atom stereocenters. The topological polar surface area (TPSA) is 38.3 Å². The van der Waals surface area contributed by atoms with Gasteiger partial charge in [0, 0.05) is 18.7 Å². The van der Waals surface area contributed by atoms with Crippen molar-refractivity contribution in [1.29, 1.82) is 0 Å². The zero-order valence-electron chi connectivity index (χ0n) is 11.2. The summed E-state index contributed by atoms with van der Waals surface area (Å²) in [5.74, 6) is 0.0942. The van der Waals surface area contributed by atoms with E-state index in [1.165, 1.54) is 18.7 Å². The number of methoxy groups -OCH3 is 1. The molecule has 1 N–H and O–H groups in total. The summed E-state index contributed by atoms with van der Waals surface area (Å²) in [6.45, 7) is 5.02. The van der Waals surface area contributed by atoms with Crippen LogP contribution in [0.3, 0.4) is 0 Å². The van der Waals surface area contributed by atoms with Crippen LogP contribution in [0.4, 0.5) is 0 Å². The molecule has 1 aromatic rings. The molecule has 0 saturated carbocycles. The third-order valence-corrected chi connectivity index (χ3v) is 2.74. The van der Waals surface area contributed by atoms with Crippen LogP contribution in [0.15, 0.2) is 42.5 Å². The van der Waals surface area contributed by atoms with Crippen molar-refractivity contribution in [3.8, 4) is 0 Å². The van der Waals surface area contributed by atoms with Crippen LogP contribution < -0.4 is 5.32 Å². The van der Waals surface area contributed by atoms with Crippen LogP contribution in [-0.2, 0) is 16.1 Å². The van der Waals surface area contributed by atoms with Gasteiger partial charge in [-0.1, -0.05) is 50.3 Å². The monoisotopic (exact) mass is 247 g/mol. The van der Waals surface area contributed by atoms with E-state index in [2.05, 4.69) is 36.0 Å². The van der Waals surface area contributed by atoms with Gasteiger partial charge in [-0.15, -0.1) is 0 Å². The second-order valence-electron chi connectivity index (χ2n) is 4.52. The average Bonchev–Trinajstić information content (AvgIpc) is 2.39. The Morgan fingerprint density at radius 3 is 2.56 bits per heavy atom. The number of ether oxygens (including phenoxy) is 1. The normalized spacial score (nSPS) is 12.9. The lowest BCUT2D eigenvalue weighted by atomic mass is 10.0. The summed E-state index contributed by atoms with van der Waals surface area (Å²) >= 11 is 0. The van der Waals surface area contributed by atoms with E-state index in [1.807, 2.05) is 24.3 Å². The van der Waals surface area contributed by atoms with E-state index in [-0.39, 0.29) is 12.0 Å². The molecule has 0 amide bonds. The summed E-state index contributed by atoms with van der Waals surface area (Å²) in [6.07, 6.45) is 3.34. The van der Waals surface area contributed by atoms with Gasteiger partial charge < -0.3 is 10.1 Å². The highest BCUT2D eigenvalue weighted by Gasteiger charge is 2.09. The first-order valence-electron chi connectivity index (χ1n) is 6.17. The number of carbonyl (C=O) groups is 1. The number of carbonyl (C=O) groups excluding carboxylic acids is 1. The first-order chi connectivity index (χ1) is 8.63. The van der Waals surface area contributed by atoms with Crippen LogP contribution in [0.5, 0.6) is 0 Å². The van der Waals surface area contributed by atoms with Gasteiger partial charge in [-0.3, -0.25) is 0 Å². The van der Waals surface area contributed by atoms with Gasteiger partial charge in [0.1, 0.15) is 0 Å². The van der Waals surface area contributed by atoms with Crippen molar-refractivity contribution >= 4 is 5.97 Å². The molecule has 3 nitrogen and oxygen atoms in total. The Labute approximate surface area is 109 Å². The molecular weight excluding hydrogens is 226 g/mol. The number of rotatable bonds is 6. The summed E-state index contributed by atoms with van der Waals surface area (Å²) in [5.41, 5.74) is 1.23. The molecule has 0 fully saturated rings. The van der Waals surface area contributed by atoms with Crippen molar-refractivity contribution in [3.05, 3.63) is 48.0 Å². The van der Waals surface area contributed by atoms with Gasteiger partial charge in [-0.25, -0.2) is 4.79 Å². The molecule has 0 aliphatic carbocycles. The van der Waals surface area contributed by atoms with E-state index in [1.54, 1.807) is 0 Å². The second kappa shape index (κ2) is 7.67. The molecule has 1 atom stereocenters. The van der Waals surface area contributed by atoms with Crippen molar-refractivity contribution in [2.75, 3.05) is 7.11 Å². The standard InChI is InChI=1S/C15H21NO2/c1-12(2)14(9-10-15(17)18-3)16-11-13-7-5-4-6-8-13/h4-10,12,14,16H,11H2,1-3H3/b10-9+/t14-/m1/s1. The maximum atomic E-state index is 11.1. The third kappa shape index (κ3) is 5.15. The Morgan fingerprint density at radius 2 is 2.00 bits per heavy atom. The molecule has 0 aliphatic heterocycles. The molecule has 0 bridgehead atoms. The summed E-state index contributed by atoms with van der Waals surface area (Å²) in [4.78, 5) is 11.1. The molecule has 0 aliphatic rings. The Morgan fingerprint density at radius 1 is 1.33 bits per heavy atom. The molecule has 0 radical (unpaired) electrons. The van der Waals surface area contributed by atoms with E-state index >= 15 is 0 Å². The molecule has 1 aromatic carbocycles. The lowest BCUT2D eigenvalue weighted by molar-refractivity contribution is -0.134. The van der Waals surface area contributed by atoms with Crippen molar-refractivity contribution in [2.45, 2.75) is 26.4 Å². The fraction of sp³-hybridized carbons (Fsp3) is 0.400. The van der Waals surface area contributed by atoms with Crippen molar-refractivity contribution in [3.63, 3.8) is 0 Å². The molecule has 18 heavy (non-hydrogen) atoms. The van der Waals surface area contributed by atoms with Crippen molar-refractivity contribution < 1.29 is 9.53 Å². The number of hydrogen-bond donors (Lipinski definition) is 1. The van der Waals surface area contributed by atoms with Crippen LogP contribution in [0.2, 0.25) is 0 Å². The number of nitrogens with one attached hydrogen (secondary N) is 1.